The van der Waals surface area contributed by atoms with Crippen molar-refractivity contribution in [2.75, 3.05) is 6.54 Å². The molecule has 0 aliphatic carbocycles. The highest BCUT2D eigenvalue weighted by molar-refractivity contribution is 5.63. The number of alkyl halides is 3. The van der Waals surface area contributed by atoms with Gasteiger partial charge in [0.2, 0.25) is 0 Å². The van der Waals surface area contributed by atoms with E-state index >= 15 is 0 Å². The predicted molar refractivity (Wildman–Crippen MR) is 113 cm³/mol. The largest absolute Gasteiger partial charge is 0.431 e. The average molecular weight is 433 g/mol. The second-order valence-electron chi connectivity index (χ2n) is 7.26. The van der Waals surface area contributed by atoms with Crippen molar-refractivity contribution in [3.05, 3.63) is 70.7 Å². The molecule has 1 aliphatic heterocycles. The molecule has 0 bridgehead atoms. The van der Waals surface area contributed by atoms with Gasteiger partial charge in [-0.2, -0.15) is 13.2 Å². The van der Waals surface area contributed by atoms with Crippen LogP contribution < -0.4 is 5.73 Å². The van der Waals surface area contributed by atoms with Crippen LogP contribution in [0.1, 0.15) is 49.3 Å². The van der Waals surface area contributed by atoms with E-state index in [-0.39, 0.29) is 12.2 Å². The number of aromatic nitrogens is 3. The lowest BCUT2D eigenvalue weighted by Crippen LogP contribution is -2.38. The van der Waals surface area contributed by atoms with Crippen LogP contribution in [0.15, 0.2) is 47.9 Å². The molecule has 2 aromatic heterocycles. The summed E-state index contributed by atoms with van der Waals surface area (Å²) in [4.78, 5) is 9.38. The van der Waals surface area contributed by atoms with Crippen molar-refractivity contribution in [1.82, 2.24) is 19.4 Å². The van der Waals surface area contributed by atoms with Crippen molar-refractivity contribution in [2.24, 2.45) is 12.8 Å². The lowest BCUT2D eigenvalue weighted by atomic mass is 10.1. The van der Waals surface area contributed by atoms with Crippen LogP contribution >= 0.6 is 0 Å². The fourth-order valence-electron chi connectivity index (χ4n) is 3.57. The molecule has 166 valence electrons. The molecule has 9 heteroatoms. The smallest absolute Gasteiger partial charge is 0.398 e. The summed E-state index contributed by atoms with van der Waals surface area (Å²) in [7, 11) is 1.71. The Morgan fingerprint density at radius 1 is 1.29 bits per heavy atom. The van der Waals surface area contributed by atoms with Crippen molar-refractivity contribution in [3.63, 3.8) is 0 Å². The van der Waals surface area contributed by atoms with Gasteiger partial charge in [0.15, 0.2) is 6.23 Å². The highest BCUT2D eigenvalue weighted by Crippen LogP contribution is 2.40. The molecule has 1 aliphatic rings. The number of fused-ring (bicyclic) bond motifs is 1. The van der Waals surface area contributed by atoms with Crippen molar-refractivity contribution in [3.8, 4) is 0 Å². The first-order chi connectivity index (χ1) is 14.7. The normalized spacial score (nSPS) is 17.6. The molecular formula is C22H26F3N5O. The first kappa shape index (κ1) is 22.6. The predicted octanol–water partition coefficient (Wildman–Crippen LogP) is 3.92. The van der Waals surface area contributed by atoms with Crippen molar-refractivity contribution < 1.29 is 18.3 Å². The van der Waals surface area contributed by atoms with Crippen LogP contribution in [0, 0.1) is 0 Å². The molecule has 0 aromatic carbocycles. The van der Waals surface area contributed by atoms with Crippen molar-refractivity contribution in [2.45, 2.75) is 39.1 Å². The fraction of sp³-hybridized carbons (Fsp3) is 0.364. The summed E-state index contributed by atoms with van der Waals surface area (Å²) in [6.45, 7) is 3.57. The van der Waals surface area contributed by atoms with Crippen LogP contribution in [0.3, 0.4) is 0 Å². The summed E-state index contributed by atoms with van der Waals surface area (Å²) >= 11 is 0. The van der Waals surface area contributed by atoms with Crippen LogP contribution in [-0.2, 0) is 13.5 Å². The lowest BCUT2D eigenvalue weighted by Gasteiger charge is -2.35. The molecule has 0 amide bonds. The number of halogens is 3. The van der Waals surface area contributed by atoms with E-state index in [0.717, 1.165) is 22.1 Å². The minimum atomic E-state index is -4.57. The van der Waals surface area contributed by atoms with Crippen LogP contribution in [0.25, 0.3) is 11.8 Å². The number of rotatable bonds is 6. The Labute approximate surface area is 179 Å². The van der Waals surface area contributed by atoms with E-state index < -0.39 is 18.1 Å². The fourth-order valence-corrected chi connectivity index (χ4v) is 3.57. The molecule has 2 aromatic rings. The zero-order chi connectivity index (χ0) is 22.8. The van der Waals surface area contributed by atoms with Gasteiger partial charge in [0.05, 0.1) is 11.4 Å². The van der Waals surface area contributed by atoms with Crippen LogP contribution in [0.5, 0.6) is 0 Å². The van der Waals surface area contributed by atoms with E-state index in [4.69, 9.17) is 5.73 Å². The monoisotopic (exact) mass is 433 g/mol. The zero-order valence-corrected chi connectivity index (χ0v) is 17.7. The van der Waals surface area contributed by atoms with E-state index in [2.05, 4.69) is 9.97 Å². The molecule has 0 saturated heterocycles. The molecule has 3 N–H and O–H groups in total. The lowest BCUT2D eigenvalue weighted by molar-refractivity contribution is -0.129. The van der Waals surface area contributed by atoms with Crippen LogP contribution in [-0.4, -0.2) is 37.3 Å². The number of nitrogens with two attached hydrogens (primary N) is 1. The minimum absolute atomic E-state index is 0.0188. The number of imidazole rings is 1. The summed E-state index contributed by atoms with van der Waals surface area (Å²) < 4.78 is 42.0. The van der Waals surface area contributed by atoms with E-state index in [1.165, 1.54) is 0 Å². The summed E-state index contributed by atoms with van der Waals surface area (Å²) in [5.74, 6) is 0.571. The Balaban J connectivity index is 1.93. The second kappa shape index (κ2) is 8.97. The van der Waals surface area contributed by atoms with E-state index in [1.54, 1.807) is 43.1 Å². The Bertz CT molecular complexity index is 1020. The van der Waals surface area contributed by atoms with Gasteiger partial charge in [-0.25, -0.2) is 4.98 Å². The summed E-state index contributed by atoms with van der Waals surface area (Å²) in [5, 5.41) is 10.6. The number of allylic oxidation sites excluding steroid dienone is 4. The maximum atomic E-state index is 13.4. The maximum Gasteiger partial charge on any atom is 0.431 e. The van der Waals surface area contributed by atoms with Gasteiger partial charge in [0.1, 0.15) is 11.5 Å². The molecule has 1 atom stereocenters. The topological polar surface area (TPSA) is 80.2 Å². The Kier molecular flexibility index (Phi) is 6.54. The molecule has 0 radical (unpaired) electrons. The molecular weight excluding hydrogens is 407 g/mol. The van der Waals surface area contributed by atoms with Gasteiger partial charge in [0, 0.05) is 43.7 Å². The first-order valence-corrected chi connectivity index (χ1v) is 10.0. The summed E-state index contributed by atoms with van der Waals surface area (Å²) in [5.41, 5.74) is 8.07. The van der Waals surface area contributed by atoms with Crippen molar-refractivity contribution in [1.29, 1.82) is 0 Å². The standard InChI is InChI=1S/C22H26F3N5O/c1-4-14(8-9-16(26)15-7-6-10-27-13-15)11-19-28-17-12-18(22(23,24)25)30(5-2)21(31)20(17)29(19)3/h6-10,12-13,21,31H,4-5,11,26H2,1-3H3/b14-8-,16-9-. The molecule has 0 fully saturated rings. The van der Waals surface area contributed by atoms with Gasteiger partial charge >= 0.3 is 6.18 Å². The summed E-state index contributed by atoms with van der Waals surface area (Å²) in [6, 6.07) is 3.66. The Morgan fingerprint density at radius 2 is 2.03 bits per heavy atom. The molecule has 3 rings (SSSR count). The van der Waals surface area contributed by atoms with Gasteiger partial charge in [-0.15, -0.1) is 0 Å². The minimum Gasteiger partial charge on any atom is -0.398 e. The number of hydrogen-bond donors (Lipinski definition) is 2. The van der Waals surface area contributed by atoms with Gasteiger partial charge in [0.25, 0.3) is 0 Å². The van der Waals surface area contributed by atoms with E-state index in [9.17, 15) is 18.3 Å². The third kappa shape index (κ3) is 4.66. The molecule has 31 heavy (non-hydrogen) atoms. The third-order valence-electron chi connectivity index (χ3n) is 5.35. The highest BCUT2D eigenvalue weighted by Gasteiger charge is 2.43. The molecule has 0 saturated carbocycles. The van der Waals surface area contributed by atoms with Gasteiger partial charge in [-0.3, -0.25) is 4.98 Å². The first-order valence-electron chi connectivity index (χ1n) is 10.0. The van der Waals surface area contributed by atoms with Crippen LogP contribution in [0.2, 0.25) is 0 Å². The molecule has 1 unspecified atom stereocenters. The number of aliphatic hydroxyl groups is 1. The quantitative estimate of drug-likeness (QED) is 0.675. The number of aliphatic hydroxyl groups excluding tert-OH is 1. The number of nitrogens with zero attached hydrogens (tertiary/aromatic N) is 4. The highest BCUT2D eigenvalue weighted by atomic mass is 19.4. The number of pyridine rings is 1. The zero-order valence-electron chi connectivity index (χ0n) is 17.7. The third-order valence-corrected chi connectivity index (χ3v) is 5.35. The van der Waals surface area contributed by atoms with Gasteiger partial charge in [-0.1, -0.05) is 18.6 Å². The second-order valence-corrected chi connectivity index (χ2v) is 7.26. The van der Waals surface area contributed by atoms with E-state index in [0.29, 0.717) is 30.1 Å². The average Bonchev–Trinajstić information content (AvgIpc) is 3.06. The Hall–Kier alpha value is -3.07. The SMILES string of the molecule is CC/C(=C/C=C(\N)c1cccnc1)Cc1nc2c(n1C)C(O)N(CC)C(C(F)(F)F)=C2. The van der Waals surface area contributed by atoms with E-state index in [1.807, 2.05) is 19.1 Å². The van der Waals surface area contributed by atoms with Crippen LogP contribution in [0.4, 0.5) is 13.2 Å². The van der Waals surface area contributed by atoms with Gasteiger partial charge < -0.3 is 20.3 Å². The molecule has 3 heterocycles. The van der Waals surface area contributed by atoms with Gasteiger partial charge in [-0.05, 0) is 37.6 Å². The van der Waals surface area contributed by atoms with Crippen molar-refractivity contribution >= 4 is 11.8 Å². The molecule has 6 nitrogen and oxygen atoms in total. The molecule has 0 spiro atoms. The maximum absolute atomic E-state index is 13.4. The Morgan fingerprint density at radius 3 is 2.61 bits per heavy atom. The summed E-state index contributed by atoms with van der Waals surface area (Å²) in [6.07, 6.45) is 3.16. The number of hydrogen-bond acceptors (Lipinski definition) is 5.